The minimum Gasteiger partial charge on any atom is -0.463 e. The molecule has 0 saturated carbocycles. The van der Waals surface area contributed by atoms with Crippen LogP contribution < -0.4 is 11.3 Å². The average Bonchev–Trinajstić information content (AvgIpc) is 2.64. The summed E-state index contributed by atoms with van der Waals surface area (Å²) >= 11 is 0. The number of ketones is 1. The van der Waals surface area contributed by atoms with Crippen LogP contribution in [0.1, 0.15) is 25.3 Å². The molecule has 0 amide bonds. The van der Waals surface area contributed by atoms with E-state index in [1.807, 2.05) is 0 Å². The molecule has 10 heteroatoms. The molecule has 140 valence electrons. The van der Waals surface area contributed by atoms with Gasteiger partial charge in [0.2, 0.25) is 0 Å². The van der Waals surface area contributed by atoms with Gasteiger partial charge in [-0.1, -0.05) is 18.2 Å². The highest BCUT2D eigenvalue weighted by molar-refractivity contribution is 6.37. The number of hydrogen-bond acceptors (Lipinski definition) is 9. The van der Waals surface area contributed by atoms with E-state index >= 15 is 0 Å². The quantitative estimate of drug-likeness (QED) is 0.169. The lowest BCUT2D eigenvalue weighted by Crippen LogP contribution is -2.33. The first-order valence-electron chi connectivity index (χ1n) is 7.50. The van der Waals surface area contributed by atoms with Gasteiger partial charge in [0.1, 0.15) is 0 Å². The Bertz CT molecular complexity index is 758. The Hall–Kier alpha value is -3.27. The van der Waals surface area contributed by atoms with Crippen LogP contribution >= 0.6 is 0 Å². The third kappa shape index (κ3) is 4.42. The van der Waals surface area contributed by atoms with Crippen LogP contribution in [0.2, 0.25) is 0 Å². The number of carbonyl (C=O) groups excluding carboxylic acids is 3. The zero-order valence-corrected chi connectivity index (χ0v) is 14.5. The standard InChI is InChI=1S/C16H19N3O7/c1-4-26-15(21)12(9(2)18-17)13(14(20)16(22)25-3)10-7-5-6-8-11(10)19(23)24/h5-8,13,18H,4,17H2,1-3H3/b12-9+. The number of nitrogens with one attached hydrogen (secondary N) is 1. The van der Waals surface area contributed by atoms with E-state index in [1.54, 1.807) is 6.92 Å². The molecule has 0 spiro atoms. The minimum atomic E-state index is -1.63. The maximum Gasteiger partial charge on any atom is 0.375 e. The minimum absolute atomic E-state index is 0.0175. The number of para-hydroxylation sites is 1. The number of methoxy groups -OCH3 is 1. The summed E-state index contributed by atoms with van der Waals surface area (Å²) in [5.41, 5.74) is 1.31. The molecule has 0 bridgehead atoms. The van der Waals surface area contributed by atoms with Crippen molar-refractivity contribution in [2.75, 3.05) is 13.7 Å². The van der Waals surface area contributed by atoms with Gasteiger partial charge in [-0.25, -0.2) is 9.59 Å². The van der Waals surface area contributed by atoms with E-state index < -0.39 is 34.3 Å². The Morgan fingerprint density at radius 1 is 1.27 bits per heavy atom. The molecule has 0 aliphatic rings. The van der Waals surface area contributed by atoms with Gasteiger partial charge in [-0.2, -0.15) is 0 Å². The Morgan fingerprint density at radius 3 is 2.38 bits per heavy atom. The number of allylic oxidation sites excluding steroid dienone is 1. The molecule has 0 radical (unpaired) electrons. The third-order valence-corrected chi connectivity index (χ3v) is 3.50. The first-order chi connectivity index (χ1) is 12.3. The van der Waals surface area contributed by atoms with E-state index in [-0.39, 0.29) is 23.4 Å². The first kappa shape index (κ1) is 20.8. The summed E-state index contributed by atoms with van der Waals surface area (Å²) in [7, 11) is 0.985. The van der Waals surface area contributed by atoms with Crippen LogP contribution in [-0.4, -0.2) is 36.4 Å². The molecule has 0 aliphatic heterocycles. The molecular weight excluding hydrogens is 346 g/mol. The van der Waals surface area contributed by atoms with Crippen LogP contribution in [0.15, 0.2) is 35.5 Å². The number of rotatable bonds is 8. The van der Waals surface area contributed by atoms with Crippen molar-refractivity contribution >= 4 is 23.4 Å². The zero-order valence-electron chi connectivity index (χ0n) is 14.5. The van der Waals surface area contributed by atoms with E-state index in [0.29, 0.717) is 0 Å². The van der Waals surface area contributed by atoms with Crippen LogP contribution in [0.4, 0.5) is 5.69 Å². The Kier molecular flexibility index (Phi) is 7.41. The number of hydrazine groups is 1. The predicted octanol–water partition coefficient (Wildman–Crippen LogP) is 0.721. The van der Waals surface area contributed by atoms with Crippen molar-refractivity contribution in [1.82, 2.24) is 5.43 Å². The molecule has 1 unspecified atom stereocenters. The number of nitro groups is 1. The molecule has 0 heterocycles. The molecule has 1 atom stereocenters. The first-order valence-corrected chi connectivity index (χ1v) is 7.50. The Balaban J connectivity index is 3.76. The number of nitrogens with zero attached hydrogens (tertiary/aromatic N) is 1. The van der Waals surface area contributed by atoms with Gasteiger partial charge < -0.3 is 14.9 Å². The summed E-state index contributed by atoms with van der Waals surface area (Å²) in [5, 5.41) is 11.4. The average molecular weight is 365 g/mol. The van der Waals surface area contributed by atoms with Gasteiger partial charge in [-0.05, 0) is 13.8 Å². The molecule has 0 aromatic heterocycles. The summed E-state index contributed by atoms with van der Waals surface area (Å²) in [6.45, 7) is 2.90. The van der Waals surface area contributed by atoms with Crippen molar-refractivity contribution in [3.63, 3.8) is 0 Å². The Morgan fingerprint density at radius 2 is 1.88 bits per heavy atom. The van der Waals surface area contributed by atoms with Crippen molar-refractivity contribution < 1.29 is 28.8 Å². The van der Waals surface area contributed by atoms with E-state index in [2.05, 4.69) is 10.2 Å². The second-order valence-corrected chi connectivity index (χ2v) is 5.01. The van der Waals surface area contributed by atoms with Crippen LogP contribution in [0.3, 0.4) is 0 Å². The Labute approximate surface area is 149 Å². The number of esters is 2. The van der Waals surface area contributed by atoms with Crippen molar-refractivity contribution in [1.29, 1.82) is 0 Å². The van der Waals surface area contributed by atoms with E-state index in [0.717, 1.165) is 13.2 Å². The number of Topliss-reactive ketones (excluding diaryl/α,β-unsaturated/α-hetero) is 1. The molecule has 0 saturated heterocycles. The molecule has 10 nitrogen and oxygen atoms in total. The summed E-state index contributed by atoms with van der Waals surface area (Å²) in [6.07, 6.45) is 0. The van der Waals surface area contributed by atoms with Gasteiger partial charge in [0, 0.05) is 17.3 Å². The summed E-state index contributed by atoms with van der Waals surface area (Å²) in [4.78, 5) is 47.5. The van der Waals surface area contributed by atoms with Gasteiger partial charge in [0.05, 0.1) is 30.1 Å². The second-order valence-electron chi connectivity index (χ2n) is 5.01. The summed E-state index contributed by atoms with van der Waals surface area (Å²) < 4.78 is 9.36. The van der Waals surface area contributed by atoms with Gasteiger partial charge in [-0.3, -0.25) is 20.8 Å². The zero-order chi connectivity index (χ0) is 19.9. The highest BCUT2D eigenvalue weighted by Crippen LogP contribution is 2.34. The van der Waals surface area contributed by atoms with Gasteiger partial charge in [0.25, 0.3) is 11.5 Å². The lowest BCUT2D eigenvalue weighted by atomic mass is 9.85. The molecule has 0 fully saturated rings. The van der Waals surface area contributed by atoms with Crippen LogP contribution in [0.25, 0.3) is 0 Å². The highest BCUT2D eigenvalue weighted by Gasteiger charge is 2.39. The monoisotopic (exact) mass is 365 g/mol. The smallest absolute Gasteiger partial charge is 0.375 e. The summed E-state index contributed by atoms with van der Waals surface area (Å²) in [6, 6.07) is 5.25. The molecule has 26 heavy (non-hydrogen) atoms. The van der Waals surface area contributed by atoms with Crippen LogP contribution in [0.5, 0.6) is 0 Å². The number of nitro benzene ring substituents is 1. The van der Waals surface area contributed by atoms with Gasteiger partial charge in [0.15, 0.2) is 0 Å². The SMILES string of the molecule is CCOC(=O)/C(=C(\C)NN)C(C(=O)C(=O)OC)c1ccccc1[N+](=O)[O-]. The fourth-order valence-electron chi connectivity index (χ4n) is 2.32. The summed E-state index contributed by atoms with van der Waals surface area (Å²) in [5.74, 6) is 0.354. The van der Waals surface area contributed by atoms with Crippen molar-refractivity contribution in [3.8, 4) is 0 Å². The van der Waals surface area contributed by atoms with Crippen LogP contribution in [0, 0.1) is 10.1 Å². The largest absolute Gasteiger partial charge is 0.463 e. The fourth-order valence-corrected chi connectivity index (χ4v) is 2.32. The third-order valence-electron chi connectivity index (χ3n) is 3.50. The second kappa shape index (κ2) is 9.28. The van der Waals surface area contributed by atoms with Gasteiger partial charge >= 0.3 is 11.9 Å². The number of carbonyl (C=O) groups is 3. The number of hydrogen-bond donors (Lipinski definition) is 2. The fraction of sp³-hybridized carbons (Fsp3) is 0.312. The maximum atomic E-state index is 12.6. The molecule has 3 N–H and O–H groups in total. The molecule has 0 aliphatic carbocycles. The normalized spacial score (nSPS) is 12.5. The van der Waals surface area contributed by atoms with Crippen molar-refractivity contribution in [3.05, 3.63) is 51.2 Å². The van der Waals surface area contributed by atoms with E-state index in [4.69, 9.17) is 10.6 Å². The topological polar surface area (TPSA) is 151 Å². The molecule has 1 rings (SSSR count). The van der Waals surface area contributed by atoms with Crippen molar-refractivity contribution in [2.24, 2.45) is 5.84 Å². The lowest BCUT2D eigenvalue weighted by Gasteiger charge is -2.20. The number of benzene rings is 1. The van der Waals surface area contributed by atoms with Crippen LogP contribution in [-0.2, 0) is 23.9 Å². The van der Waals surface area contributed by atoms with E-state index in [1.165, 1.54) is 25.1 Å². The van der Waals surface area contributed by atoms with Gasteiger partial charge in [-0.15, -0.1) is 0 Å². The molecular formula is C16H19N3O7. The van der Waals surface area contributed by atoms with E-state index in [9.17, 15) is 24.5 Å². The molecule has 1 aromatic carbocycles. The van der Waals surface area contributed by atoms with Crippen molar-refractivity contribution in [2.45, 2.75) is 19.8 Å². The lowest BCUT2D eigenvalue weighted by molar-refractivity contribution is -0.385. The maximum absolute atomic E-state index is 12.6. The highest BCUT2D eigenvalue weighted by atomic mass is 16.6. The number of nitrogens with two attached hydrogens (primary N) is 1. The predicted molar refractivity (Wildman–Crippen MR) is 89.5 cm³/mol. The molecule has 1 aromatic rings. The number of ether oxygens (including phenoxy) is 2.